The highest BCUT2D eigenvalue weighted by Gasteiger charge is 2.39. The molecule has 4 heteroatoms. The third kappa shape index (κ3) is 2.59. The SMILES string of the molecule is Fc1ccc(N2CCC3(CCOCC3)C2)c(CCl)c1. The maximum atomic E-state index is 13.3. The van der Waals surface area contributed by atoms with Gasteiger partial charge in [-0.1, -0.05) is 0 Å². The molecule has 0 atom stereocenters. The maximum absolute atomic E-state index is 13.3. The predicted molar refractivity (Wildman–Crippen MR) is 75.3 cm³/mol. The van der Waals surface area contributed by atoms with Crippen LogP contribution in [0, 0.1) is 11.2 Å². The van der Waals surface area contributed by atoms with Crippen molar-refractivity contribution in [2.45, 2.75) is 25.1 Å². The maximum Gasteiger partial charge on any atom is 0.123 e. The van der Waals surface area contributed by atoms with E-state index in [1.54, 1.807) is 6.07 Å². The minimum absolute atomic E-state index is 0.209. The molecule has 2 saturated heterocycles. The van der Waals surface area contributed by atoms with Crippen LogP contribution in [0.2, 0.25) is 0 Å². The van der Waals surface area contributed by atoms with Crippen molar-refractivity contribution >= 4 is 17.3 Å². The van der Waals surface area contributed by atoms with Gasteiger partial charge in [-0.05, 0) is 48.4 Å². The van der Waals surface area contributed by atoms with E-state index in [-0.39, 0.29) is 5.82 Å². The average Bonchev–Trinajstić information content (AvgIpc) is 2.83. The number of hydrogen-bond donors (Lipinski definition) is 0. The van der Waals surface area contributed by atoms with Gasteiger partial charge in [0.1, 0.15) is 5.82 Å². The van der Waals surface area contributed by atoms with Gasteiger partial charge in [-0.2, -0.15) is 0 Å². The Kier molecular flexibility index (Phi) is 3.68. The molecule has 2 heterocycles. The predicted octanol–water partition coefficient (Wildman–Crippen LogP) is 3.57. The Morgan fingerprint density at radius 3 is 2.79 bits per heavy atom. The number of anilines is 1. The largest absolute Gasteiger partial charge is 0.381 e. The van der Waals surface area contributed by atoms with Crippen molar-refractivity contribution in [3.05, 3.63) is 29.6 Å². The van der Waals surface area contributed by atoms with E-state index in [4.69, 9.17) is 16.3 Å². The normalized spacial score (nSPS) is 22.1. The number of benzene rings is 1. The Balaban J connectivity index is 1.80. The van der Waals surface area contributed by atoms with Crippen molar-refractivity contribution in [1.29, 1.82) is 0 Å². The highest BCUT2D eigenvalue weighted by Crippen LogP contribution is 2.42. The molecule has 0 radical (unpaired) electrons. The molecule has 0 saturated carbocycles. The van der Waals surface area contributed by atoms with Crippen LogP contribution < -0.4 is 4.90 Å². The van der Waals surface area contributed by atoms with Gasteiger partial charge in [-0.25, -0.2) is 4.39 Å². The highest BCUT2D eigenvalue weighted by atomic mass is 35.5. The third-order valence-corrected chi connectivity index (χ3v) is 4.81. The molecule has 0 amide bonds. The summed E-state index contributed by atoms with van der Waals surface area (Å²) >= 11 is 5.95. The van der Waals surface area contributed by atoms with E-state index in [0.717, 1.165) is 50.4 Å². The fourth-order valence-electron chi connectivity index (χ4n) is 3.32. The lowest BCUT2D eigenvalue weighted by atomic mass is 9.80. The van der Waals surface area contributed by atoms with Crippen molar-refractivity contribution < 1.29 is 9.13 Å². The van der Waals surface area contributed by atoms with Crippen molar-refractivity contribution in [3.63, 3.8) is 0 Å². The van der Waals surface area contributed by atoms with E-state index in [2.05, 4.69) is 4.90 Å². The minimum Gasteiger partial charge on any atom is -0.381 e. The Morgan fingerprint density at radius 2 is 2.05 bits per heavy atom. The fraction of sp³-hybridized carbons (Fsp3) is 0.600. The fourth-order valence-corrected chi connectivity index (χ4v) is 3.54. The molecule has 2 nitrogen and oxygen atoms in total. The van der Waals surface area contributed by atoms with Crippen molar-refractivity contribution in [3.8, 4) is 0 Å². The summed E-state index contributed by atoms with van der Waals surface area (Å²) in [5.41, 5.74) is 2.39. The Morgan fingerprint density at radius 1 is 1.26 bits per heavy atom. The van der Waals surface area contributed by atoms with Crippen molar-refractivity contribution in [2.24, 2.45) is 5.41 Å². The molecule has 2 aliphatic heterocycles. The lowest BCUT2D eigenvalue weighted by molar-refractivity contribution is 0.0254. The van der Waals surface area contributed by atoms with Gasteiger partial charge in [-0.3, -0.25) is 0 Å². The molecule has 1 aromatic rings. The van der Waals surface area contributed by atoms with Gasteiger partial charge in [0.15, 0.2) is 0 Å². The van der Waals surface area contributed by atoms with Crippen LogP contribution >= 0.6 is 11.6 Å². The zero-order valence-electron chi connectivity index (χ0n) is 11.0. The highest BCUT2D eigenvalue weighted by molar-refractivity contribution is 6.17. The summed E-state index contributed by atoms with van der Waals surface area (Å²) in [7, 11) is 0. The monoisotopic (exact) mass is 283 g/mol. The Labute approximate surface area is 118 Å². The topological polar surface area (TPSA) is 12.5 Å². The third-order valence-electron chi connectivity index (χ3n) is 4.52. The molecule has 1 aromatic carbocycles. The first-order chi connectivity index (χ1) is 9.22. The van der Waals surface area contributed by atoms with E-state index in [9.17, 15) is 4.39 Å². The van der Waals surface area contributed by atoms with Crippen molar-refractivity contribution in [1.82, 2.24) is 0 Å². The molecule has 0 N–H and O–H groups in total. The van der Waals surface area contributed by atoms with E-state index < -0.39 is 0 Å². The lowest BCUT2D eigenvalue weighted by Crippen LogP contribution is -2.33. The van der Waals surface area contributed by atoms with Gasteiger partial charge in [-0.15, -0.1) is 11.6 Å². The lowest BCUT2D eigenvalue weighted by Gasteiger charge is -2.33. The zero-order chi connectivity index (χ0) is 13.3. The molecule has 0 bridgehead atoms. The average molecular weight is 284 g/mol. The van der Waals surface area contributed by atoms with E-state index >= 15 is 0 Å². The van der Waals surface area contributed by atoms with Crippen LogP contribution in [0.4, 0.5) is 10.1 Å². The van der Waals surface area contributed by atoms with E-state index in [0.29, 0.717) is 11.3 Å². The summed E-state index contributed by atoms with van der Waals surface area (Å²) in [4.78, 5) is 2.36. The second-order valence-corrected chi connectivity index (χ2v) is 5.96. The molecule has 19 heavy (non-hydrogen) atoms. The van der Waals surface area contributed by atoms with Crippen LogP contribution in [0.15, 0.2) is 18.2 Å². The summed E-state index contributed by atoms with van der Waals surface area (Å²) in [5.74, 6) is 0.152. The summed E-state index contributed by atoms with van der Waals surface area (Å²) in [6, 6.07) is 4.95. The van der Waals surface area contributed by atoms with Crippen molar-refractivity contribution in [2.75, 3.05) is 31.2 Å². The molecule has 0 unspecified atom stereocenters. The van der Waals surface area contributed by atoms with Crippen LogP contribution in [0.3, 0.4) is 0 Å². The second kappa shape index (κ2) is 5.29. The first kappa shape index (κ1) is 13.2. The number of halogens is 2. The summed E-state index contributed by atoms with van der Waals surface area (Å²) in [6.07, 6.45) is 3.48. The van der Waals surface area contributed by atoms with E-state index in [1.807, 2.05) is 6.07 Å². The molecule has 0 aromatic heterocycles. The van der Waals surface area contributed by atoms with Gasteiger partial charge >= 0.3 is 0 Å². The van der Waals surface area contributed by atoms with Crippen LogP contribution in [0.5, 0.6) is 0 Å². The molecule has 2 fully saturated rings. The summed E-state index contributed by atoms with van der Waals surface area (Å²) in [6.45, 7) is 3.83. The van der Waals surface area contributed by atoms with Crippen LogP contribution in [0.1, 0.15) is 24.8 Å². The molecule has 2 aliphatic rings. The van der Waals surface area contributed by atoms with Gasteiger partial charge < -0.3 is 9.64 Å². The Hall–Kier alpha value is -0.800. The first-order valence-corrected chi connectivity index (χ1v) is 7.43. The minimum atomic E-state index is -0.209. The molecule has 0 aliphatic carbocycles. The molecule has 104 valence electrons. The number of ether oxygens (including phenoxy) is 1. The quantitative estimate of drug-likeness (QED) is 0.770. The smallest absolute Gasteiger partial charge is 0.123 e. The van der Waals surface area contributed by atoms with Gasteiger partial charge in [0, 0.05) is 37.9 Å². The van der Waals surface area contributed by atoms with E-state index in [1.165, 1.54) is 12.5 Å². The standard InChI is InChI=1S/C15H19ClFNO/c16-10-12-9-13(17)1-2-14(12)18-6-3-15(11-18)4-7-19-8-5-15/h1-2,9H,3-8,10-11H2. The summed E-state index contributed by atoms with van der Waals surface area (Å²) < 4.78 is 18.7. The number of hydrogen-bond acceptors (Lipinski definition) is 2. The summed E-state index contributed by atoms with van der Waals surface area (Å²) in [5, 5.41) is 0. The van der Waals surface area contributed by atoms with Gasteiger partial charge in [0.25, 0.3) is 0 Å². The van der Waals surface area contributed by atoms with Gasteiger partial charge in [0.2, 0.25) is 0 Å². The molecule has 1 spiro atoms. The molecular formula is C15H19ClFNO. The van der Waals surface area contributed by atoms with Crippen LogP contribution in [-0.4, -0.2) is 26.3 Å². The van der Waals surface area contributed by atoms with Crippen LogP contribution in [-0.2, 0) is 10.6 Å². The molecular weight excluding hydrogens is 265 g/mol. The number of alkyl halides is 1. The molecule has 3 rings (SSSR count). The first-order valence-electron chi connectivity index (χ1n) is 6.90. The van der Waals surface area contributed by atoms with Crippen LogP contribution in [0.25, 0.3) is 0 Å². The number of rotatable bonds is 2. The zero-order valence-corrected chi connectivity index (χ0v) is 11.8. The second-order valence-electron chi connectivity index (χ2n) is 5.69. The van der Waals surface area contributed by atoms with Gasteiger partial charge in [0.05, 0.1) is 0 Å². The number of nitrogens with zero attached hydrogens (tertiary/aromatic N) is 1. The Bertz CT molecular complexity index is 459.